The summed E-state index contributed by atoms with van der Waals surface area (Å²) < 4.78 is 6.71. The summed E-state index contributed by atoms with van der Waals surface area (Å²) in [5.41, 5.74) is -1.05. The van der Waals surface area contributed by atoms with Crippen molar-refractivity contribution in [1.82, 2.24) is 0 Å². The standard InChI is InChI=1S/C31H44O6/c1-16-21-14-19(28(5,6)36)10-12-30(21,8)26-22(23(16)32)25(34)31(37-26)15-29(7)11-9-18(27(3,4)35)13-20(29)17(2)24(31)33/h18-19,22,26,35-36H,9-15H2,1-8H3/t18-,19+,22?,26?,29+,30+,31?/m1/s1. The summed E-state index contributed by atoms with van der Waals surface area (Å²) in [6, 6.07) is 0. The molecule has 2 N–H and O–H groups in total. The fourth-order valence-corrected chi connectivity index (χ4v) is 8.58. The summed E-state index contributed by atoms with van der Waals surface area (Å²) in [4.78, 5) is 42.0. The van der Waals surface area contributed by atoms with Crippen molar-refractivity contribution in [1.29, 1.82) is 0 Å². The van der Waals surface area contributed by atoms with Crippen LogP contribution in [0.25, 0.3) is 0 Å². The van der Waals surface area contributed by atoms with Crippen molar-refractivity contribution in [2.24, 2.45) is 28.6 Å². The van der Waals surface area contributed by atoms with Gasteiger partial charge in [-0.05, 0) is 108 Å². The van der Waals surface area contributed by atoms with Crippen LogP contribution in [-0.2, 0) is 19.1 Å². The lowest BCUT2D eigenvalue weighted by Gasteiger charge is -2.51. The van der Waals surface area contributed by atoms with Gasteiger partial charge in [-0.3, -0.25) is 14.4 Å². The maximum atomic E-state index is 14.2. The quantitative estimate of drug-likeness (QED) is 0.522. The molecule has 7 atom stereocenters. The number of hydrogen-bond donors (Lipinski definition) is 2. The molecule has 0 amide bonds. The van der Waals surface area contributed by atoms with Crippen LogP contribution in [-0.4, -0.2) is 50.5 Å². The van der Waals surface area contributed by atoms with Gasteiger partial charge in [0, 0.05) is 11.8 Å². The van der Waals surface area contributed by atoms with E-state index in [9.17, 15) is 24.6 Å². The van der Waals surface area contributed by atoms with Crippen LogP contribution >= 0.6 is 0 Å². The predicted octanol–water partition coefficient (Wildman–Crippen LogP) is 4.65. The first-order valence-corrected chi connectivity index (χ1v) is 14.0. The van der Waals surface area contributed by atoms with Gasteiger partial charge in [-0.1, -0.05) is 25.0 Å². The first-order chi connectivity index (χ1) is 16.9. The van der Waals surface area contributed by atoms with Crippen molar-refractivity contribution in [3.63, 3.8) is 0 Å². The highest BCUT2D eigenvalue weighted by Gasteiger charge is 2.70. The predicted molar refractivity (Wildman–Crippen MR) is 140 cm³/mol. The minimum atomic E-state index is -1.62. The first-order valence-electron chi connectivity index (χ1n) is 14.0. The van der Waals surface area contributed by atoms with E-state index in [4.69, 9.17) is 4.74 Å². The molecule has 0 bridgehead atoms. The monoisotopic (exact) mass is 512 g/mol. The number of carbonyl (C=O) groups is 3. The summed E-state index contributed by atoms with van der Waals surface area (Å²) in [5, 5.41) is 21.4. The van der Waals surface area contributed by atoms with Crippen LogP contribution in [0.2, 0.25) is 0 Å². The van der Waals surface area contributed by atoms with Crippen LogP contribution in [0.5, 0.6) is 0 Å². The second-order valence-electron chi connectivity index (χ2n) is 14.4. The number of allylic oxidation sites excluding steroid dienone is 2. The molecule has 0 radical (unpaired) electrons. The summed E-state index contributed by atoms with van der Waals surface area (Å²) in [7, 11) is 0. The number of Topliss-reactive ketones (excluding diaryl/α,β-unsaturated/α-hetero) is 3. The maximum absolute atomic E-state index is 14.2. The van der Waals surface area contributed by atoms with Gasteiger partial charge in [0.15, 0.2) is 23.0 Å². The molecule has 6 heteroatoms. The average molecular weight is 513 g/mol. The molecular weight excluding hydrogens is 468 g/mol. The Balaban J connectivity index is 1.55. The Kier molecular flexibility index (Phi) is 5.79. The molecule has 3 unspecified atom stereocenters. The Bertz CT molecular complexity index is 1150. The molecule has 1 aliphatic heterocycles. The van der Waals surface area contributed by atoms with Crippen LogP contribution in [0.1, 0.15) is 100 Å². The fraction of sp³-hybridized carbons (Fsp3) is 0.774. The van der Waals surface area contributed by atoms with Gasteiger partial charge in [-0.25, -0.2) is 0 Å². The van der Waals surface area contributed by atoms with E-state index in [1.165, 1.54) is 0 Å². The summed E-state index contributed by atoms with van der Waals surface area (Å²) in [6.45, 7) is 15.1. The Labute approximate surface area is 220 Å². The molecule has 0 aromatic rings. The lowest BCUT2D eigenvalue weighted by atomic mass is 9.54. The topological polar surface area (TPSA) is 101 Å². The van der Waals surface area contributed by atoms with Crippen molar-refractivity contribution < 1.29 is 29.3 Å². The average Bonchev–Trinajstić information content (AvgIpc) is 3.08. The zero-order chi connectivity index (χ0) is 27.5. The van der Waals surface area contributed by atoms with E-state index in [0.29, 0.717) is 30.4 Å². The normalized spacial score (nSPS) is 42.8. The molecule has 1 saturated heterocycles. The molecule has 0 aromatic carbocycles. The molecule has 3 fully saturated rings. The first kappa shape index (κ1) is 27.0. The van der Waals surface area contributed by atoms with Gasteiger partial charge >= 0.3 is 0 Å². The Morgan fingerprint density at radius 1 is 0.838 bits per heavy atom. The Morgan fingerprint density at radius 3 is 1.95 bits per heavy atom. The number of fused-ring (bicyclic) bond motifs is 4. The van der Waals surface area contributed by atoms with Gasteiger partial charge in [-0.15, -0.1) is 0 Å². The second kappa shape index (κ2) is 7.95. The summed E-state index contributed by atoms with van der Waals surface area (Å²) in [5.74, 6) is -1.75. The molecule has 5 rings (SSSR count). The van der Waals surface area contributed by atoms with E-state index < -0.39 is 39.7 Å². The fourth-order valence-electron chi connectivity index (χ4n) is 8.58. The summed E-state index contributed by atoms with van der Waals surface area (Å²) >= 11 is 0. The van der Waals surface area contributed by atoms with E-state index in [2.05, 4.69) is 13.8 Å². The molecule has 1 heterocycles. The largest absolute Gasteiger partial charge is 0.390 e. The van der Waals surface area contributed by atoms with E-state index in [-0.39, 0.29) is 35.6 Å². The second-order valence-corrected chi connectivity index (χ2v) is 14.4. The minimum absolute atomic E-state index is 0.0230. The number of ketones is 3. The van der Waals surface area contributed by atoms with Crippen molar-refractivity contribution in [2.45, 2.75) is 123 Å². The van der Waals surface area contributed by atoms with Crippen molar-refractivity contribution >= 4 is 17.3 Å². The van der Waals surface area contributed by atoms with Crippen LogP contribution in [0.15, 0.2) is 22.3 Å². The van der Waals surface area contributed by atoms with Gasteiger partial charge in [-0.2, -0.15) is 0 Å². The maximum Gasteiger partial charge on any atom is 0.198 e. The van der Waals surface area contributed by atoms with E-state index in [1.807, 2.05) is 34.6 Å². The highest BCUT2D eigenvalue weighted by molar-refractivity contribution is 6.26. The Hall–Kier alpha value is -1.63. The van der Waals surface area contributed by atoms with Crippen LogP contribution in [0.3, 0.4) is 0 Å². The van der Waals surface area contributed by atoms with Gasteiger partial charge in [0.2, 0.25) is 0 Å². The minimum Gasteiger partial charge on any atom is -0.390 e. The zero-order valence-corrected chi connectivity index (χ0v) is 23.8. The lowest BCUT2D eigenvalue weighted by Crippen LogP contribution is -2.55. The molecule has 6 nitrogen and oxygen atoms in total. The zero-order valence-electron chi connectivity index (χ0n) is 23.8. The van der Waals surface area contributed by atoms with Gasteiger partial charge in [0.25, 0.3) is 0 Å². The summed E-state index contributed by atoms with van der Waals surface area (Å²) in [6.07, 6.45) is 3.87. The molecule has 204 valence electrons. The smallest absolute Gasteiger partial charge is 0.198 e. The third-order valence-corrected chi connectivity index (χ3v) is 11.2. The van der Waals surface area contributed by atoms with Crippen molar-refractivity contribution in [2.75, 3.05) is 0 Å². The van der Waals surface area contributed by atoms with Crippen LogP contribution in [0, 0.1) is 28.6 Å². The van der Waals surface area contributed by atoms with Crippen molar-refractivity contribution in [3.8, 4) is 0 Å². The highest BCUT2D eigenvalue weighted by atomic mass is 16.5. The van der Waals surface area contributed by atoms with E-state index in [1.54, 1.807) is 6.92 Å². The molecule has 1 spiro atoms. The molecule has 5 aliphatic rings. The molecule has 2 saturated carbocycles. The lowest BCUT2D eigenvalue weighted by molar-refractivity contribution is -0.162. The van der Waals surface area contributed by atoms with Crippen molar-refractivity contribution in [3.05, 3.63) is 22.3 Å². The molecule has 0 aromatic heterocycles. The van der Waals surface area contributed by atoms with Gasteiger partial charge in [0.05, 0.1) is 17.3 Å². The van der Waals surface area contributed by atoms with Crippen LogP contribution in [0.4, 0.5) is 0 Å². The highest BCUT2D eigenvalue weighted by Crippen LogP contribution is 2.62. The molecular formula is C31H44O6. The van der Waals surface area contributed by atoms with Gasteiger partial charge < -0.3 is 14.9 Å². The van der Waals surface area contributed by atoms with Gasteiger partial charge in [0.1, 0.15) is 5.92 Å². The third kappa shape index (κ3) is 3.65. The number of aliphatic hydroxyl groups is 2. The van der Waals surface area contributed by atoms with E-state index in [0.717, 1.165) is 30.4 Å². The molecule has 37 heavy (non-hydrogen) atoms. The number of ether oxygens (including phenoxy) is 1. The number of carbonyl (C=O) groups excluding carboxylic acids is 3. The molecule has 4 aliphatic carbocycles. The van der Waals surface area contributed by atoms with E-state index >= 15 is 0 Å². The number of rotatable bonds is 2. The SMILES string of the molecule is CC1=C2C[C@H](C(C)(C)O)CC[C@@]2(C)CC2(OC3C(C(=O)C(C)=C4C[C@@H](C(C)(C)O)CC[C@@]43C)C2=O)C1=O. The third-order valence-electron chi connectivity index (χ3n) is 11.2. The number of hydrogen-bond acceptors (Lipinski definition) is 6. The Morgan fingerprint density at radius 2 is 1.38 bits per heavy atom. The van der Waals surface area contributed by atoms with Crippen LogP contribution < -0.4 is 0 Å².